The van der Waals surface area contributed by atoms with Gasteiger partial charge in [-0.25, -0.2) is 0 Å². The average molecular weight is 270 g/mol. The van der Waals surface area contributed by atoms with Gasteiger partial charge in [0.15, 0.2) is 0 Å². The van der Waals surface area contributed by atoms with E-state index in [2.05, 4.69) is 28.9 Å². The van der Waals surface area contributed by atoms with Gasteiger partial charge in [-0.05, 0) is 17.5 Å². The van der Waals surface area contributed by atoms with Crippen molar-refractivity contribution < 1.29 is 18.6 Å². The maximum atomic E-state index is 5.30. The molecule has 0 atom stereocenters. The third-order valence-electron chi connectivity index (χ3n) is 2.39. The number of benzene rings is 1. The van der Waals surface area contributed by atoms with Crippen LogP contribution < -0.4 is 22.5 Å². The molecule has 0 bridgehead atoms. The molecule has 0 fully saturated rings. The highest BCUT2D eigenvalue weighted by molar-refractivity contribution is 7.09. The van der Waals surface area contributed by atoms with Gasteiger partial charge in [0.1, 0.15) is 5.75 Å². The Kier molecular flexibility index (Phi) is 6.05. The van der Waals surface area contributed by atoms with Gasteiger partial charge in [-0.3, -0.25) is 0 Å². The van der Waals surface area contributed by atoms with E-state index in [0.717, 1.165) is 18.8 Å². The number of rotatable bonds is 5. The third-order valence-corrected chi connectivity index (χ3v) is 3.26. The van der Waals surface area contributed by atoms with E-state index in [1.165, 1.54) is 10.4 Å². The molecular weight excluding hydrogens is 254 g/mol. The van der Waals surface area contributed by atoms with E-state index < -0.39 is 0 Å². The minimum absolute atomic E-state index is 0. The fourth-order valence-electron chi connectivity index (χ4n) is 1.58. The zero-order valence-electron chi connectivity index (χ0n) is 10.7. The van der Waals surface area contributed by atoms with E-state index in [1.54, 1.807) is 18.4 Å². The number of para-hydroxylation sites is 1. The summed E-state index contributed by atoms with van der Waals surface area (Å²) < 4.78 is 5.30. The Labute approximate surface area is 114 Å². The molecule has 92 valence electrons. The van der Waals surface area contributed by atoms with Gasteiger partial charge in [-0.2, -0.15) is 0 Å². The van der Waals surface area contributed by atoms with Crippen LogP contribution in [0.25, 0.3) is 0 Å². The van der Waals surface area contributed by atoms with Gasteiger partial charge in [0.25, 0.3) is 0 Å². The van der Waals surface area contributed by atoms with Gasteiger partial charge in [0.2, 0.25) is 0 Å². The first-order chi connectivity index (χ1) is 7.90. The van der Waals surface area contributed by atoms with Crippen molar-refractivity contribution in [3.8, 4) is 5.75 Å². The molecule has 0 aliphatic carbocycles. The Morgan fingerprint density at radius 1 is 1.18 bits per heavy atom. The quantitative estimate of drug-likeness (QED) is 0.835. The van der Waals surface area contributed by atoms with Crippen LogP contribution in [0.1, 0.15) is 11.9 Å². The summed E-state index contributed by atoms with van der Waals surface area (Å²) in [5.74, 6) is 0.946. The van der Waals surface area contributed by atoms with E-state index in [-0.39, 0.29) is 13.8 Å². The summed E-state index contributed by atoms with van der Waals surface area (Å²) in [5, 5.41) is 5.51. The molecule has 2 rings (SSSR count). The maximum absolute atomic E-state index is 5.30. The van der Waals surface area contributed by atoms with Crippen molar-refractivity contribution in [1.82, 2.24) is 5.32 Å². The highest BCUT2D eigenvalue weighted by atomic mass is 35.5. The number of halogens is 1. The van der Waals surface area contributed by atoms with Crippen molar-refractivity contribution in [3.63, 3.8) is 0 Å². The largest absolute Gasteiger partial charge is 1.00 e. The van der Waals surface area contributed by atoms with E-state index in [4.69, 9.17) is 4.74 Å². The predicted octanol–water partition coefficient (Wildman–Crippen LogP) is 0.163. The van der Waals surface area contributed by atoms with Gasteiger partial charge < -0.3 is 22.5 Å². The van der Waals surface area contributed by atoms with Crippen LogP contribution in [-0.4, -0.2) is 7.11 Å². The minimum Gasteiger partial charge on any atom is -1.00 e. The molecule has 0 radical (unpaired) electrons. The van der Waals surface area contributed by atoms with Crippen molar-refractivity contribution in [2.24, 2.45) is 0 Å². The second-order valence-electron chi connectivity index (χ2n) is 3.49. The van der Waals surface area contributed by atoms with Crippen molar-refractivity contribution >= 4 is 11.3 Å². The molecule has 0 aliphatic heterocycles. The summed E-state index contributed by atoms with van der Waals surface area (Å²) in [6, 6.07) is 12.3. The number of ether oxygens (including phenoxy) is 1. The normalized spacial score (nSPS) is 9.71. The molecule has 0 unspecified atom stereocenters. The Hall–Kier alpha value is -1.03. The summed E-state index contributed by atoms with van der Waals surface area (Å²) in [6.07, 6.45) is 0. The van der Waals surface area contributed by atoms with Gasteiger partial charge in [0.05, 0.1) is 7.11 Å². The van der Waals surface area contributed by atoms with Crippen LogP contribution >= 0.6 is 11.3 Å². The zero-order chi connectivity index (χ0) is 11.2. The first-order valence-corrected chi connectivity index (χ1v) is 6.13. The van der Waals surface area contributed by atoms with E-state index in [9.17, 15) is 0 Å². The SMILES string of the molecule is COc1ccccc1CNCc1cccs1.[Cl-].[H+]. The molecule has 0 spiro atoms. The molecule has 17 heavy (non-hydrogen) atoms. The molecule has 1 N–H and O–H groups in total. The van der Waals surface area contributed by atoms with Gasteiger partial charge in [0, 0.05) is 23.5 Å². The molecular formula is C13H16ClNOS. The van der Waals surface area contributed by atoms with Gasteiger partial charge in [-0.1, -0.05) is 24.3 Å². The maximum Gasteiger partial charge on any atom is 1.00 e. The van der Waals surface area contributed by atoms with Crippen LogP contribution in [0.2, 0.25) is 0 Å². The second-order valence-corrected chi connectivity index (χ2v) is 4.53. The predicted molar refractivity (Wildman–Crippen MR) is 69.0 cm³/mol. The molecule has 0 aliphatic rings. The number of thiophene rings is 1. The van der Waals surface area contributed by atoms with Crippen LogP contribution in [0.4, 0.5) is 0 Å². The van der Waals surface area contributed by atoms with Crippen molar-refractivity contribution in [2.45, 2.75) is 13.1 Å². The molecule has 0 saturated heterocycles. The average Bonchev–Trinajstić information content (AvgIpc) is 2.83. The van der Waals surface area contributed by atoms with Gasteiger partial charge in [-0.15, -0.1) is 11.3 Å². The Bertz CT molecular complexity index is 436. The lowest BCUT2D eigenvalue weighted by atomic mass is 10.2. The first-order valence-electron chi connectivity index (χ1n) is 5.25. The lowest BCUT2D eigenvalue weighted by Gasteiger charge is -2.08. The zero-order valence-corrected chi connectivity index (χ0v) is 11.2. The van der Waals surface area contributed by atoms with Crippen molar-refractivity contribution in [3.05, 3.63) is 52.2 Å². The third kappa shape index (κ3) is 4.04. The highest BCUT2D eigenvalue weighted by Crippen LogP contribution is 2.17. The molecule has 0 saturated carbocycles. The van der Waals surface area contributed by atoms with Crippen LogP contribution in [0.15, 0.2) is 41.8 Å². The summed E-state index contributed by atoms with van der Waals surface area (Å²) in [6.45, 7) is 1.75. The molecule has 2 nitrogen and oxygen atoms in total. The Morgan fingerprint density at radius 3 is 2.71 bits per heavy atom. The number of hydrogen-bond donors (Lipinski definition) is 1. The fourth-order valence-corrected chi connectivity index (χ4v) is 2.26. The van der Waals surface area contributed by atoms with Crippen LogP contribution in [-0.2, 0) is 13.1 Å². The van der Waals surface area contributed by atoms with Crippen LogP contribution in [0.3, 0.4) is 0 Å². The summed E-state index contributed by atoms with van der Waals surface area (Å²) >= 11 is 1.77. The molecule has 1 heterocycles. The van der Waals surface area contributed by atoms with Gasteiger partial charge >= 0.3 is 1.43 Å². The Morgan fingerprint density at radius 2 is 2.00 bits per heavy atom. The summed E-state index contributed by atoms with van der Waals surface area (Å²) in [5.41, 5.74) is 1.20. The standard InChI is InChI=1S/C13H15NOS.ClH/c1-15-13-7-3-2-5-11(13)9-14-10-12-6-4-8-16-12;/h2-8,14H,9-10H2,1H3;1H. The van der Waals surface area contributed by atoms with E-state index >= 15 is 0 Å². The number of methoxy groups -OCH3 is 1. The topological polar surface area (TPSA) is 21.3 Å². The lowest BCUT2D eigenvalue weighted by Crippen LogP contribution is -3.00. The van der Waals surface area contributed by atoms with E-state index in [0.29, 0.717) is 0 Å². The smallest absolute Gasteiger partial charge is 1.00 e. The molecule has 2 aromatic rings. The first kappa shape index (κ1) is 14.0. The molecule has 1 aromatic heterocycles. The highest BCUT2D eigenvalue weighted by Gasteiger charge is 2.00. The monoisotopic (exact) mass is 269 g/mol. The molecule has 4 heteroatoms. The van der Waals surface area contributed by atoms with Crippen LogP contribution in [0.5, 0.6) is 5.75 Å². The second kappa shape index (κ2) is 7.33. The molecule has 1 aromatic carbocycles. The minimum atomic E-state index is 0. The van der Waals surface area contributed by atoms with Crippen molar-refractivity contribution in [1.29, 1.82) is 0 Å². The molecule has 0 amide bonds. The Balaban J connectivity index is 0.00000144. The van der Waals surface area contributed by atoms with Crippen molar-refractivity contribution in [2.75, 3.05) is 7.11 Å². The van der Waals surface area contributed by atoms with E-state index in [1.807, 2.05) is 18.2 Å². The lowest BCUT2D eigenvalue weighted by molar-refractivity contribution is -0.00000348. The number of hydrogen-bond acceptors (Lipinski definition) is 3. The van der Waals surface area contributed by atoms with Crippen LogP contribution in [0, 0.1) is 0 Å². The number of nitrogens with one attached hydrogen (secondary N) is 1. The summed E-state index contributed by atoms with van der Waals surface area (Å²) in [4.78, 5) is 1.36. The summed E-state index contributed by atoms with van der Waals surface area (Å²) in [7, 11) is 1.71. The fraction of sp³-hybridized carbons (Fsp3) is 0.231.